The van der Waals surface area contributed by atoms with Crippen molar-refractivity contribution in [3.8, 4) is 17.0 Å². The maximum Gasteiger partial charge on any atom is 0.410 e. The molecule has 0 bridgehead atoms. The summed E-state index contributed by atoms with van der Waals surface area (Å²) in [5.41, 5.74) is 4.79. The van der Waals surface area contributed by atoms with Gasteiger partial charge in [0.2, 0.25) is 0 Å². The third kappa shape index (κ3) is 6.72. The van der Waals surface area contributed by atoms with E-state index in [1.54, 1.807) is 7.11 Å². The fourth-order valence-corrected chi connectivity index (χ4v) is 7.36. The highest BCUT2D eigenvalue weighted by atomic mass is 16.7. The number of hydrogen-bond acceptors (Lipinski definition) is 8. The first-order chi connectivity index (χ1) is 21.2. The van der Waals surface area contributed by atoms with Crippen LogP contribution in [-0.4, -0.2) is 101 Å². The van der Waals surface area contributed by atoms with Gasteiger partial charge in [0, 0.05) is 81.5 Å². The molecule has 1 aromatic carbocycles. The number of fused-ring (bicyclic) bond motifs is 3. The van der Waals surface area contributed by atoms with Crippen molar-refractivity contribution in [3.05, 3.63) is 41.6 Å². The van der Waals surface area contributed by atoms with Gasteiger partial charge in [0.1, 0.15) is 11.4 Å². The van der Waals surface area contributed by atoms with Gasteiger partial charge in [-0.15, -0.1) is 10.2 Å². The Hall–Kier alpha value is -3.21. The number of ether oxygens (including phenoxy) is 3. The molecule has 2 aliphatic heterocycles. The highest BCUT2D eigenvalue weighted by Gasteiger charge is 2.35. The van der Waals surface area contributed by atoms with Crippen LogP contribution in [0.3, 0.4) is 0 Å². The van der Waals surface area contributed by atoms with Crippen molar-refractivity contribution in [1.82, 2.24) is 29.9 Å². The predicted molar refractivity (Wildman–Crippen MR) is 171 cm³/mol. The number of carbonyl (C=O) groups is 1. The van der Waals surface area contributed by atoms with E-state index >= 15 is 0 Å². The summed E-state index contributed by atoms with van der Waals surface area (Å²) in [6, 6.07) is 11.0. The molecule has 3 aromatic rings. The summed E-state index contributed by atoms with van der Waals surface area (Å²) in [6.45, 7) is 13.9. The van der Waals surface area contributed by atoms with Gasteiger partial charge in [-0.1, -0.05) is 12.1 Å². The standard InChI is InChI=1S/C34H48N6O4/c1-23-31-27-20-29(26-8-6-7-9-30(26)43-22-42-5)36-37-32(27)35-28(31)14-15-40(23)25-12-10-24(11-13-25)21-38-16-18-39(19-17-38)33(41)44-34(2,3)4/h6-9,20,23-25H,10-19,21-22H2,1-5H3,(H,35,37)/t23-,24?,25?/m0/s1. The minimum absolute atomic E-state index is 0.184. The Morgan fingerprint density at radius 1 is 1.02 bits per heavy atom. The molecule has 44 heavy (non-hydrogen) atoms. The summed E-state index contributed by atoms with van der Waals surface area (Å²) in [6.07, 6.45) is 5.81. The van der Waals surface area contributed by atoms with E-state index in [1.165, 1.54) is 36.9 Å². The van der Waals surface area contributed by atoms with Gasteiger partial charge in [0.25, 0.3) is 0 Å². The lowest BCUT2D eigenvalue weighted by molar-refractivity contribution is 0.0118. The minimum Gasteiger partial charge on any atom is -0.467 e. The second-order valence-corrected chi connectivity index (χ2v) is 13.7. The molecular weight excluding hydrogens is 556 g/mol. The summed E-state index contributed by atoms with van der Waals surface area (Å²) in [5, 5.41) is 10.3. The van der Waals surface area contributed by atoms with Gasteiger partial charge in [-0.2, -0.15) is 0 Å². The van der Waals surface area contributed by atoms with Crippen LogP contribution in [0.4, 0.5) is 4.79 Å². The van der Waals surface area contributed by atoms with Gasteiger partial charge in [-0.25, -0.2) is 4.79 Å². The third-order valence-corrected chi connectivity index (χ3v) is 9.53. The van der Waals surface area contributed by atoms with Crippen molar-refractivity contribution in [3.63, 3.8) is 0 Å². The van der Waals surface area contributed by atoms with Crippen LogP contribution in [0.1, 0.15) is 70.7 Å². The number of aromatic nitrogens is 3. The fourth-order valence-electron chi connectivity index (χ4n) is 7.36. The molecule has 1 aliphatic carbocycles. The maximum absolute atomic E-state index is 12.4. The summed E-state index contributed by atoms with van der Waals surface area (Å²) in [4.78, 5) is 23.2. The molecule has 1 amide bonds. The number of carbonyl (C=O) groups excluding carboxylic acids is 1. The lowest BCUT2D eigenvalue weighted by atomic mass is 9.83. The summed E-state index contributed by atoms with van der Waals surface area (Å²) < 4.78 is 16.5. The smallest absolute Gasteiger partial charge is 0.410 e. The van der Waals surface area contributed by atoms with Crippen molar-refractivity contribution in [2.45, 2.75) is 77.5 Å². The summed E-state index contributed by atoms with van der Waals surface area (Å²) >= 11 is 0. The number of nitrogens with one attached hydrogen (secondary N) is 1. The molecule has 10 nitrogen and oxygen atoms in total. The first kappa shape index (κ1) is 30.8. The number of para-hydroxylation sites is 1. The summed E-state index contributed by atoms with van der Waals surface area (Å²) in [5.74, 6) is 1.46. The number of methoxy groups -OCH3 is 1. The molecule has 0 unspecified atom stereocenters. The second-order valence-electron chi connectivity index (χ2n) is 13.7. The number of aromatic amines is 1. The molecule has 1 atom stereocenters. The molecule has 3 aliphatic rings. The zero-order chi connectivity index (χ0) is 30.8. The number of piperazine rings is 1. The van der Waals surface area contributed by atoms with Crippen LogP contribution in [0.15, 0.2) is 30.3 Å². The molecule has 1 N–H and O–H groups in total. The van der Waals surface area contributed by atoms with Crippen LogP contribution < -0.4 is 4.74 Å². The van der Waals surface area contributed by atoms with E-state index < -0.39 is 5.60 Å². The average Bonchev–Trinajstić information content (AvgIpc) is 3.39. The lowest BCUT2D eigenvalue weighted by Crippen LogP contribution is -2.51. The normalized spacial score (nSPS) is 23.5. The minimum atomic E-state index is -0.447. The van der Waals surface area contributed by atoms with E-state index in [0.29, 0.717) is 12.1 Å². The number of rotatable bonds is 7. The Kier molecular flexibility index (Phi) is 9.12. The highest BCUT2D eigenvalue weighted by Crippen LogP contribution is 2.40. The molecule has 10 heteroatoms. The Morgan fingerprint density at radius 3 is 2.50 bits per heavy atom. The maximum atomic E-state index is 12.4. The molecule has 2 aromatic heterocycles. The number of hydrogen-bond donors (Lipinski definition) is 1. The number of H-pyrrole nitrogens is 1. The monoisotopic (exact) mass is 604 g/mol. The van der Waals surface area contributed by atoms with Gasteiger partial charge in [0.15, 0.2) is 12.4 Å². The number of benzene rings is 1. The van der Waals surface area contributed by atoms with Crippen LogP contribution in [0, 0.1) is 5.92 Å². The zero-order valence-corrected chi connectivity index (χ0v) is 27.0. The van der Waals surface area contributed by atoms with Crippen LogP contribution in [0.5, 0.6) is 5.75 Å². The number of nitrogens with zero attached hydrogens (tertiary/aromatic N) is 5. The molecule has 1 saturated heterocycles. The topological polar surface area (TPSA) is 96.0 Å². The molecule has 1 saturated carbocycles. The van der Waals surface area contributed by atoms with Crippen molar-refractivity contribution >= 4 is 17.1 Å². The molecule has 0 spiro atoms. The Balaban J connectivity index is 1.07. The van der Waals surface area contributed by atoms with E-state index in [-0.39, 0.29) is 12.9 Å². The lowest BCUT2D eigenvalue weighted by Gasteiger charge is -2.44. The van der Waals surface area contributed by atoms with Crippen molar-refractivity contribution in [2.75, 3.05) is 53.2 Å². The SMILES string of the molecule is COCOc1ccccc1-c1cc2c3c([nH]c2nn1)CCN(C1CCC(CN2CCN(C(=O)OC(C)(C)C)CC2)CC1)[C@H]3C. The van der Waals surface area contributed by atoms with Crippen LogP contribution in [-0.2, 0) is 15.9 Å². The largest absolute Gasteiger partial charge is 0.467 e. The first-order valence-corrected chi connectivity index (χ1v) is 16.3. The van der Waals surface area contributed by atoms with Gasteiger partial charge >= 0.3 is 6.09 Å². The second kappa shape index (κ2) is 13.0. The van der Waals surface area contributed by atoms with Gasteiger partial charge < -0.3 is 24.1 Å². The van der Waals surface area contributed by atoms with E-state index in [2.05, 4.69) is 38.0 Å². The van der Waals surface area contributed by atoms with Gasteiger partial charge in [-0.3, -0.25) is 9.80 Å². The van der Waals surface area contributed by atoms with Crippen LogP contribution in [0.2, 0.25) is 0 Å². The first-order valence-electron chi connectivity index (χ1n) is 16.3. The molecule has 6 rings (SSSR count). The Morgan fingerprint density at radius 2 is 1.77 bits per heavy atom. The molecule has 4 heterocycles. The quantitative estimate of drug-likeness (QED) is 0.347. The molecule has 2 fully saturated rings. The van der Waals surface area contributed by atoms with E-state index in [1.807, 2.05) is 49.9 Å². The average molecular weight is 605 g/mol. The van der Waals surface area contributed by atoms with Crippen LogP contribution >= 0.6 is 0 Å². The van der Waals surface area contributed by atoms with E-state index in [4.69, 9.17) is 14.2 Å². The van der Waals surface area contributed by atoms with Crippen molar-refractivity contribution in [1.29, 1.82) is 0 Å². The Bertz CT molecular complexity index is 1440. The number of amides is 1. The van der Waals surface area contributed by atoms with Gasteiger partial charge in [-0.05, 0) is 83.1 Å². The molecular formula is C34H48N6O4. The van der Waals surface area contributed by atoms with E-state index in [0.717, 1.165) is 79.6 Å². The fraction of sp³-hybridized carbons (Fsp3) is 0.618. The predicted octanol–water partition coefficient (Wildman–Crippen LogP) is 5.64. The highest BCUT2D eigenvalue weighted by molar-refractivity contribution is 5.86. The van der Waals surface area contributed by atoms with Crippen molar-refractivity contribution < 1.29 is 19.0 Å². The Labute approximate surface area is 261 Å². The van der Waals surface area contributed by atoms with Crippen LogP contribution in [0.25, 0.3) is 22.3 Å². The zero-order valence-electron chi connectivity index (χ0n) is 27.0. The van der Waals surface area contributed by atoms with E-state index in [9.17, 15) is 4.79 Å². The molecule has 238 valence electrons. The van der Waals surface area contributed by atoms with Crippen molar-refractivity contribution in [2.24, 2.45) is 5.92 Å². The van der Waals surface area contributed by atoms with Gasteiger partial charge in [0.05, 0.1) is 5.69 Å². The summed E-state index contributed by atoms with van der Waals surface area (Å²) in [7, 11) is 1.62. The molecule has 0 radical (unpaired) electrons. The third-order valence-electron chi connectivity index (χ3n) is 9.53.